The smallest absolute Gasteiger partial charge is 0.332 e. The number of hydrogen-bond acceptors (Lipinski definition) is 5. The van der Waals surface area contributed by atoms with Gasteiger partial charge >= 0.3 is 6.03 Å². The van der Waals surface area contributed by atoms with Crippen molar-refractivity contribution in [1.82, 2.24) is 14.8 Å². The van der Waals surface area contributed by atoms with Crippen molar-refractivity contribution in [3.8, 4) is 6.07 Å². The highest BCUT2D eigenvalue weighted by atomic mass is 16.2. The molecule has 0 spiro atoms. The zero-order chi connectivity index (χ0) is 21.4. The normalized spacial score (nSPS) is 25.3. The minimum atomic E-state index is -0.669. The third-order valence-electron chi connectivity index (χ3n) is 6.29. The third-order valence-corrected chi connectivity index (χ3v) is 6.29. The Morgan fingerprint density at radius 3 is 2.57 bits per heavy atom. The van der Waals surface area contributed by atoms with E-state index in [4.69, 9.17) is 0 Å². The van der Waals surface area contributed by atoms with E-state index in [0.717, 1.165) is 0 Å². The minimum absolute atomic E-state index is 0.00108. The second kappa shape index (κ2) is 6.02. The molecule has 1 aromatic carbocycles. The molecule has 30 heavy (non-hydrogen) atoms. The number of likely N-dealkylation sites (tertiary alicyclic amines) is 1. The summed E-state index contributed by atoms with van der Waals surface area (Å²) in [5.74, 6) is -0.339. The van der Waals surface area contributed by atoms with Crippen molar-refractivity contribution in [2.45, 2.75) is 45.3 Å². The van der Waals surface area contributed by atoms with Crippen molar-refractivity contribution in [2.75, 3.05) is 11.4 Å². The van der Waals surface area contributed by atoms with Crippen molar-refractivity contribution in [3.05, 3.63) is 36.2 Å². The van der Waals surface area contributed by atoms with Crippen molar-refractivity contribution < 1.29 is 14.4 Å². The number of piperazine rings is 1. The number of urea groups is 1. The average molecular weight is 403 g/mol. The van der Waals surface area contributed by atoms with E-state index in [9.17, 15) is 19.6 Å². The van der Waals surface area contributed by atoms with Gasteiger partial charge in [-0.1, -0.05) is 45.0 Å². The molecule has 0 saturated carbocycles. The monoisotopic (exact) mass is 403 g/mol. The Morgan fingerprint density at radius 2 is 1.90 bits per heavy atom. The van der Waals surface area contributed by atoms with Gasteiger partial charge in [-0.15, -0.1) is 0 Å². The third kappa shape index (κ3) is 2.32. The maximum atomic E-state index is 13.4. The molecule has 3 aliphatic rings. The number of hydrogen-bond donors (Lipinski definition) is 0. The van der Waals surface area contributed by atoms with Gasteiger partial charge in [-0.25, -0.2) is 14.7 Å². The number of nitrogens with zero attached hydrogens (tertiary/aromatic N) is 5. The van der Waals surface area contributed by atoms with E-state index in [-0.39, 0.29) is 35.6 Å². The van der Waals surface area contributed by atoms with Gasteiger partial charge in [0.25, 0.3) is 5.91 Å². The zero-order valence-corrected chi connectivity index (χ0v) is 17.0. The van der Waals surface area contributed by atoms with Crippen LogP contribution >= 0.6 is 0 Å². The standard InChI is InChI=1S/C22H21N5O3/c1-22(2,3)20(29)25-11-12-8-16(25)18-19(28)27(21(30)26(12)18)17-10-24-15(9-23)13-6-4-5-7-14(13)17/h4-7,10,12,16,18H,8,11H2,1-3H3/t12?,16?,18-/m1/s1. The molecule has 5 rings (SSSR count). The first-order chi connectivity index (χ1) is 14.2. The number of benzene rings is 1. The Hall–Kier alpha value is -3.47. The van der Waals surface area contributed by atoms with E-state index in [2.05, 4.69) is 11.1 Å². The highest BCUT2D eigenvalue weighted by molar-refractivity contribution is 6.25. The molecule has 2 bridgehead atoms. The van der Waals surface area contributed by atoms with Crippen LogP contribution < -0.4 is 4.90 Å². The van der Waals surface area contributed by atoms with Crippen LogP contribution in [0.5, 0.6) is 0 Å². The quantitative estimate of drug-likeness (QED) is 0.681. The van der Waals surface area contributed by atoms with Crippen LogP contribution in [0.2, 0.25) is 0 Å². The molecule has 4 heterocycles. The Balaban J connectivity index is 1.56. The second-order valence-electron chi connectivity index (χ2n) is 9.12. The van der Waals surface area contributed by atoms with Gasteiger partial charge in [0, 0.05) is 22.7 Å². The van der Waals surface area contributed by atoms with Gasteiger partial charge in [0.05, 0.1) is 24.0 Å². The summed E-state index contributed by atoms with van der Waals surface area (Å²) in [5.41, 5.74) is 0.0755. The van der Waals surface area contributed by atoms with Crippen molar-refractivity contribution >= 4 is 34.3 Å². The van der Waals surface area contributed by atoms with Crippen LogP contribution in [0, 0.1) is 16.7 Å². The fourth-order valence-electron chi connectivity index (χ4n) is 4.99. The number of fused-ring (bicyclic) bond motifs is 6. The van der Waals surface area contributed by atoms with Crippen molar-refractivity contribution in [2.24, 2.45) is 5.41 Å². The summed E-state index contributed by atoms with van der Waals surface area (Å²) in [7, 11) is 0. The topological polar surface area (TPSA) is 97.6 Å². The van der Waals surface area contributed by atoms with Crippen molar-refractivity contribution in [3.63, 3.8) is 0 Å². The van der Waals surface area contributed by atoms with Crippen LogP contribution in [-0.4, -0.2) is 57.3 Å². The summed E-state index contributed by atoms with van der Waals surface area (Å²) in [4.78, 5) is 48.4. The van der Waals surface area contributed by atoms with Crippen LogP contribution in [-0.2, 0) is 9.59 Å². The lowest BCUT2D eigenvalue weighted by Crippen LogP contribution is -2.56. The number of nitriles is 1. The molecule has 4 amide bonds. The number of imide groups is 1. The molecule has 8 nitrogen and oxygen atoms in total. The summed E-state index contributed by atoms with van der Waals surface area (Å²) in [6.45, 7) is 6.04. The molecule has 0 aliphatic carbocycles. The van der Waals surface area contributed by atoms with Gasteiger partial charge in [-0.2, -0.15) is 5.26 Å². The Bertz CT molecular complexity index is 1160. The summed E-state index contributed by atoms with van der Waals surface area (Å²) in [5, 5.41) is 10.6. The molecule has 0 N–H and O–H groups in total. The first-order valence-corrected chi connectivity index (χ1v) is 9.99. The lowest BCUT2D eigenvalue weighted by molar-refractivity contribution is -0.143. The van der Waals surface area contributed by atoms with Crippen LogP contribution in [0.3, 0.4) is 0 Å². The first-order valence-electron chi connectivity index (χ1n) is 9.99. The van der Waals surface area contributed by atoms with Crippen LogP contribution in [0.15, 0.2) is 30.5 Å². The average Bonchev–Trinajstić information content (AvgIpc) is 3.37. The molecule has 3 saturated heterocycles. The fraction of sp³-hybridized carbons (Fsp3) is 0.409. The number of anilines is 1. The predicted octanol–water partition coefficient (Wildman–Crippen LogP) is 2.27. The molecule has 2 unspecified atom stereocenters. The van der Waals surface area contributed by atoms with Gasteiger partial charge in [0.15, 0.2) is 0 Å². The largest absolute Gasteiger partial charge is 0.334 e. The van der Waals surface area contributed by atoms with Crippen LogP contribution in [0.4, 0.5) is 10.5 Å². The zero-order valence-electron chi connectivity index (χ0n) is 17.0. The number of aromatic nitrogens is 1. The van der Waals surface area contributed by atoms with Gasteiger partial charge in [0.2, 0.25) is 5.91 Å². The number of rotatable bonds is 1. The molecule has 2 aromatic rings. The van der Waals surface area contributed by atoms with Crippen LogP contribution in [0.25, 0.3) is 10.8 Å². The lowest BCUT2D eigenvalue weighted by Gasteiger charge is -2.37. The Morgan fingerprint density at radius 1 is 1.20 bits per heavy atom. The van der Waals surface area contributed by atoms with Gasteiger partial charge < -0.3 is 9.80 Å². The molecule has 3 aliphatic heterocycles. The number of amides is 4. The Kier molecular flexibility index (Phi) is 3.72. The molecule has 0 radical (unpaired) electrons. The maximum Gasteiger partial charge on any atom is 0.332 e. The predicted molar refractivity (Wildman–Crippen MR) is 108 cm³/mol. The molecule has 1 aromatic heterocycles. The molecule has 152 valence electrons. The molecular formula is C22H21N5O3. The minimum Gasteiger partial charge on any atom is -0.334 e. The first kappa shape index (κ1) is 18.6. The SMILES string of the molecule is CC(C)(C)C(=O)N1CC2CC1[C@@H]1C(=O)N(c3cnc(C#N)c4ccccc34)C(=O)N21. The van der Waals surface area contributed by atoms with Gasteiger partial charge in [0.1, 0.15) is 17.8 Å². The van der Waals surface area contributed by atoms with Crippen molar-refractivity contribution in [1.29, 1.82) is 5.26 Å². The van der Waals surface area contributed by atoms with E-state index < -0.39 is 11.5 Å². The van der Waals surface area contributed by atoms with E-state index >= 15 is 0 Å². The second-order valence-corrected chi connectivity index (χ2v) is 9.12. The van der Waals surface area contributed by atoms with E-state index in [1.807, 2.05) is 20.8 Å². The Labute approximate surface area is 173 Å². The van der Waals surface area contributed by atoms with Gasteiger partial charge in [-0.05, 0) is 6.42 Å². The molecular weight excluding hydrogens is 382 g/mol. The van der Waals surface area contributed by atoms with E-state index in [1.54, 1.807) is 34.1 Å². The van der Waals surface area contributed by atoms with E-state index in [0.29, 0.717) is 29.4 Å². The lowest BCUT2D eigenvalue weighted by atomic mass is 9.93. The summed E-state index contributed by atoms with van der Waals surface area (Å²) in [6.07, 6.45) is 2.04. The number of pyridine rings is 1. The molecule has 3 fully saturated rings. The summed E-state index contributed by atoms with van der Waals surface area (Å²) in [6, 6.07) is 7.66. The molecule has 3 atom stereocenters. The van der Waals surface area contributed by atoms with E-state index in [1.165, 1.54) is 11.1 Å². The maximum absolute atomic E-state index is 13.4. The molecule has 8 heteroatoms. The summed E-state index contributed by atoms with van der Waals surface area (Å²) < 4.78 is 0. The van der Waals surface area contributed by atoms with Gasteiger partial charge in [-0.3, -0.25) is 9.59 Å². The van der Waals surface area contributed by atoms with Crippen LogP contribution in [0.1, 0.15) is 32.9 Å². The number of carbonyl (C=O) groups is 3. The highest BCUT2D eigenvalue weighted by Gasteiger charge is 2.63. The number of carbonyl (C=O) groups excluding carboxylic acids is 3. The fourth-order valence-corrected chi connectivity index (χ4v) is 4.99. The summed E-state index contributed by atoms with van der Waals surface area (Å²) >= 11 is 0. The highest BCUT2D eigenvalue weighted by Crippen LogP contribution is 2.44.